The van der Waals surface area contributed by atoms with Crippen LogP contribution in [0.15, 0.2) is 60.8 Å². The van der Waals surface area contributed by atoms with Gasteiger partial charge in [-0.1, -0.05) is 48.5 Å². The van der Waals surface area contributed by atoms with Crippen LogP contribution in [0.5, 0.6) is 5.75 Å². The van der Waals surface area contributed by atoms with E-state index in [1.165, 1.54) is 12.1 Å². The Morgan fingerprint density at radius 2 is 1.83 bits per heavy atom. The SMILES string of the molecule is Cc1ncc(OC[C@@]2(c3ccccc3)C[C@@H]2c2cccc(C(F)(F)F)c2)c(C)n1. The van der Waals surface area contributed by atoms with Gasteiger partial charge in [-0.3, -0.25) is 0 Å². The summed E-state index contributed by atoms with van der Waals surface area (Å²) in [6.07, 6.45) is -1.98. The molecule has 1 fully saturated rings. The van der Waals surface area contributed by atoms with Crippen LogP contribution in [0.25, 0.3) is 0 Å². The van der Waals surface area contributed by atoms with E-state index in [1.54, 1.807) is 12.3 Å². The Kier molecular flexibility index (Phi) is 4.81. The molecule has 3 nitrogen and oxygen atoms in total. The first-order chi connectivity index (χ1) is 13.8. The molecule has 0 spiro atoms. The second-order valence-corrected chi connectivity index (χ2v) is 7.56. The van der Waals surface area contributed by atoms with E-state index < -0.39 is 11.7 Å². The molecule has 1 aromatic heterocycles. The van der Waals surface area contributed by atoms with Gasteiger partial charge >= 0.3 is 6.18 Å². The van der Waals surface area contributed by atoms with Crippen LogP contribution in [0.4, 0.5) is 13.2 Å². The molecule has 0 amide bonds. The van der Waals surface area contributed by atoms with Gasteiger partial charge in [0.25, 0.3) is 0 Å². The second-order valence-electron chi connectivity index (χ2n) is 7.56. The molecule has 0 N–H and O–H groups in total. The van der Waals surface area contributed by atoms with Gasteiger partial charge in [0.15, 0.2) is 5.75 Å². The van der Waals surface area contributed by atoms with Crippen molar-refractivity contribution in [1.82, 2.24) is 9.97 Å². The van der Waals surface area contributed by atoms with E-state index in [1.807, 2.05) is 44.2 Å². The van der Waals surface area contributed by atoms with E-state index in [0.717, 1.165) is 23.7 Å². The Labute approximate surface area is 167 Å². The highest BCUT2D eigenvalue weighted by Crippen LogP contribution is 2.60. The molecule has 1 aliphatic rings. The minimum absolute atomic E-state index is 0.0427. The first-order valence-corrected chi connectivity index (χ1v) is 9.45. The maximum Gasteiger partial charge on any atom is 0.416 e. The van der Waals surface area contributed by atoms with Crippen molar-refractivity contribution in [2.24, 2.45) is 0 Å². The van der Waals surface area contributed by atoms with Crippen molar-refractivity contribution in [2.75, 3.05) is 6.61 Å². The monoisotopic (exact) mass is 398 g/mol. The van der Waals surface area contributed by atoms with Crippen LogP contribution in [0, 0.1) is 13.8 Å². The van der Waals surface area contributed by atoms with Crippen molar-refractivity contribution in [3.8, 4) is 5.75 Å². The minimum atomic E-state index is -4.35. The number of hydrogen-bond donors (Lipinski definition) is 0. The highest BCUT2D eigenvalue weighted by atomic mass is 19.4. The fraction of sp³-hybridized carbons (Fsp3) is 0.304. The lowest BCUT2D eigenvalue weighted by Crippen LogP contribution is -2.21. The first-order valence-electron chi connectivity index (χ1n) is 9.45. The fourth-order valence-corrected chi connectivity index (χ4v) is 3.93. The molecular formula is C23H21F3N2O. The van der Waals surface area contributed by atoms with Crippen LogP contribution < -0.4 is 4.74 Å². The largest absolute Gasteiger partial charge is 0.489 e. The van der Waals surface area contributed by atoms with Gasteiger partial charge in [0.2, 0.25) is 0 Å². The van der Waals surface area contributed by atoms with Crippen LogP contribution in [-0.2, 0) is 11.6 Å². The van der Waals surface area contributed by atoms with Crippen LogP contribution in [0.3, 0.4) is 0 Å². The highest BCUT2D eigenvalue weighted by Gasteiger charge is 2.57. The summed E-state index contributed by atoms with van der Waals surface area (Å²) in [5.41, 5.74) is 1.50. The van der Waals surface area contributed by atoms with Gasteiger partial charge in [-0.15, -0.1) is 0 Å². The van der Waals surface area contributed by atoms with Crippen molar-refractivity contribution in [2.45, 2.75) is 37.8 Å². The normalized spacial score (nSPS) is 21.1. The van der Waals surface area contributed by atoms with E-state index in [-0.39, 0.29) is 11.3 Å². The molecule has 29 heavy (non-hydrogen) atoms. The number of halogens is 3. The van der Waals surface area contributed by atoms with Crippen LogP contribution in [0.1, 0.15) is 40.5 Å². The summed E-state index contributed by atoms with van der Waals surface area (Å²) in [5, 5.41) is 0. The van der Waals surface area contributed by atoms with Crippen molar-refractivity contribution in [3.05, 3.63) is 89.0 Å². The number of nitrogens with zero attached hydrogens (tertiary/aromatic N) is 2. The number of ether oxygens (including phenoxy) is 1. The molecule has 4 rings (SSSR count). The van der Waals surface area contributed by atoms with E-state index in [0.29, 0.717) is 23.7 Å². The number of rotatable bonds is 5. The zero-order valence-corrected chi connectivity index (χ0v) is 16.2. The Morgan fingerprint density at radius 1 is 1.07 bits per heavy atom. The summed E-state index contributed by atoms with van der Waals surface area (Å²) in [5.74, 6) is 1.22. The van der Waals surface area contributed by atoms with Gasteiger partial charge in [-0.25, -0.2) is 9.97 Å². The molecule has 0 radical (unpaired) electrons. The van der Waals surface area contributed by atoms with Gasteiger partial charge in [0.1, 0.15) is 5.82 Å². The van der Waals surface area contributed by atoms with E-state index in [9.17, 15) is 13.2 Å². The van der Waals surface area contributed by atoms with Gasteiger partial charge < -0.3 is 4.74 Å². The molecule has 0 saturated heterocycles. The lowest BCUT2D eigenvalue weighted by molar-refractivity contribution is -0.137. The van der Waals surface area contributed by atoms with Gasteiger partial charge in [-0.05, 0) is 43.4 Å². The Morgan fingerprint density at radius 3 is 2.52 bits per heavy atom. The maximum absolute atomic E-state index is 13.2. The molecule has 1 heterocycles. The van der Waals surface area contributed by atoms with Crippen molar-refractivity contribution in [3.63, 3.8) is 0 Å². The molecule has 2 aromatic carbocycles. The number of benzene rings is 2. The standard InChI is InChI=1S/C23H21F3N2O/c1-15-21(13-27-16(2)28-15)29-14-22(18-8-4-3-5-9-18)12-20(22)17-7-6-10-19(11-17)23(24,25)26/h3-11,13,20H,12,14H2,1-2H3/t20-,22-/m1/s1. The maximum atomic E-state index is 13.2. The van der Waals surface area contributed by atoms with Crippen LogP contribution in [-0.4, -0.2) is 16.6 Å². The molecule has 150 valence electrons. The topological polar surface area (TPSA) is 35.0 Å². The van der Waals surface area contributed by atoms with Crippen molar-refractivity contribution in [1.29, 1.82) is 0 Å². The molecular weight excluding hydrogens is 377 g/mol. The second kappa shape index (κ2) is 7.17. The molecule has 0 bridgehead atoms. The molecule has 3 aromatic rings. The zero-order chi connectivity index (χ0) is 20.6. The molecule has 2 atom stereocenters. The fourth-order valence-electron chi connectivity index (χ4n) is 3.93. The molecule has 1 saturated carbocycles. The number of alkyl halides is 3. The van der Waals surface area contributed by atoms with Crippen molar-refractivity contribution >= 4 is 0 Å². The number of hydrogen-bond acceptors (Lipinski definition) is 3. The smallest absolute Gasteiger partial charge is 0.416 e. The van der Waals surface area contributed by atoms with Gasteiger partial charge in [0, 0.05) is 5.41 Å². The third kappa shape index (κ3) is 3.84. The van der Waals surface area contributed by atoms with Gasteiger partial charge in [-0.2, -0.15) is 13.2 Å². The quantitative estimate of drug-likeness (QED) is 0.560. The Hall–Kier alpha value is -2.89. The molecule has 0 aliphatic heterocycles. The van der Waals surface area contributed by atoms with Gasteiger partial charge in [0.05, 0.1) is 24.1 Å². The Balaban J connectivity index is 1.64. The zero-order valence-electron chi connectivity index (χ0n) is 16.2. The minimum Gasteiger partial charge on any atom is -0.489 e. The van der Waals surface area contributed by atoms with E-state index >= 15 is 0 Å². The third-order valence-corrected chi connectivity index (χ3v) is 5.58. The number of aromatic nitrogens is 2. The summed E-state index contributed by atoms with van der Waals surface area (Å²) in [4.78, 5) is 8.51. The van der Waals surface area contributed by atoms with E-state index in [4.69, 9.17) is 4.74 Å². The lowest BCUT2D eigenvalue weighted by Gasteiger charge is -2.20. The predicted octanol–water partition coefficient (Wildman–Crippen LogP) is 5.62. The van der Waals surface area contributed by atoms with E-state index in [2.05, 4.69) is 9.97 Å². The Bertz CT molecular complexity index is 1020. The summed E-state index contributed by atoms with van der Waals surface area (Å²) in [6.45, 7) is 4.02. The molecule has 0 unspecified atom stereocenters. The first kappa shape index (κ1) is 19.4. The predicted molar refractivity (Wildman–Crippen MR) is 104 cm³/mol. The average molecular weight is 398 g/mol. The summed E-state index contributed by atoms with van der Waals surface area (Å²) < 4.78 is 45.6. The summed E-state index contributed by atoms with van der Waals surface area (Å²) >= 11 is 0. The summed E-state index contributed by atoms with van der Waals surface area (Å²) in [7, 11) is 0. The molecule has 6 heteroatoms. The van der Waals surface area contributed by atoms with Crippen molar-refractivity contribution < 1.29 is 17.9 Å². The van der Waals surface area contributed by atoms with Crippen LogP contribution in [0.2, 0.25) is 0 Å². The molecule has 1 aliphatic carbocycles. The summed E-state index contributed by atoms with van der Waals surface area (Å²) in [6, 6.07) is 15.4. The number of aryl methyl sites for hydroxylation is 2. The third-order valence-electron chi connectivity index (χ3n) is 5.58. The highest BCUT2D eigenvalue weighted by molar-refractivity contribution is 5.45. The lowest BCUT2D eigenvalue weighted by atomic mass is 9.91. The van der Waals surface area contributed by atoms with Crippen LogP contribution >= 0.6 is 0 Å². The average Bonchev–Trinajstić information content (AvgIpc) is 3.43.